The standard InChI is InChI=1S/C48H28N6/c1-4-14-29(15-5-1)35-28-40-43(44-39(50-40)27-25-34-33-21-11-13-23-37(33)51-47(34)44)45(42(35)38-26-24-30-16-10-12-22-36(30)49-38)48-41(31-17-6-2-7-18-31)46(52-54-53-48)32-19-8-3-9-20-32/h1-28H. The molecule has 0 fully saturated rings. The number of para-hydroxylation sites is 2. The molecule has 9 aromatic rings. The van der Waals surface area contributed by atoms with E-state index in [0.717, 1.165) is 105 Å². The molecule has 0 aliphatic carbocycles. The number of fused-ring (bicyclic) bond motifs is 7. The first kappa shape index (κ1) is 30.2. The monoisotopic (exact) mass is 688 g/mol. The molecule has 54 heavy (non-hydrogen) atoms. The highest BCUT2D eigenvalue weighted by molar-refractivity contribution is 6.10. The van der Waals surface area contributed by atoms with Gasteiger partial charge >= 0.3 is 0 Å². The Bertz CT molecular complexity index is 3200. The molecule has 250 valence electrons. The van der Waals surface area contributed by atoms with Crippen molar-refractivity contribution in [1.82, 2.24) is 20.4 Å². The highest BCUT2D eigenvalue weighted by Gasteiger charge is 2.32. The largest absolute Gasteiger partial charge is 0.248 e. The van der Waals surface area contributed by atoms with E-state index in [1.807, 2.05) is 48.5 Å². The molecule has 2 aliphatic rings. The minimum absolute atomic E-state index is 0.699. The molecule has 6 nitrogen and oxygen atoms in total. The first-order chi connectivity index (χ1) is 26.8. The van der Waals surface area contributed by atoms with E-state index >= 15 is 0 Å². The summed E-state index contributed by atoms with van der Waals surface area (Å²) in [5.41, 5.74) is 13.6. The Hall–Kier alpha value is -7.44. The van der Waals surface area contributed by atoms with Crippen LogP contribution in [0.15, 0.2) is 180 Å². The fourth-order valence-corrected chi connectivity index (χ4v) is 8.04. The zero-order chi connectivity index (χ0) is 35.6. The molecule has 0 saturated carbocycles. The van der Waals surface area contributed by atoms with Gasteiger partial charge in [0.15, 0.2) is 0 Å². The van der Waals surface area contributed by atoms with Gasteiger partial charge in [0.25, 0.3) is 0 Å². The van der Waals surface area contributed by atoms with Crippen molar-refractivity contribution < 1.29 is 0 Å². The number of aromatic nitrogens is 4. The van der Waals surface area contributed by atoms with Crippen LogP contribution >= 0.6 is 0 Å². The van der Waals surface area contributed by atoms with Crippen LogP contribution in [0.3, 0.4) is 0 Å². The molecule has 6 heteroatoms. The summed E-state index contributed by atoms with van der Waals surface area (Å²) in [5, 5.41) is 19.4. The van der Waals surface area contributed by atoms with Crippen LogP contribution < -0.4 is 10.7 Å². The van der Waals surface area contributed by atoms with Crippen LogP contribution in [-0.4, -0.2) is 20.4 Å². The van der Waals surface area contributed by atoms with Crippen molar-refractivity contribution >= 4 is 22.3 Å². The van der Waals surface area contributed by atoms with Crippen molar-refractivity contribution in [2.45, 2.75) is 0 Å². The van der Waals surface area contributed by atoms with Crippen LogP contribution in [-0.2, 0) is 0 Å². The van der Waals surface area contributed by atoms with E-state index < -0.39 is 0 Å². The van der Waals surface area contributed by atoms with Gasteiger partial charge in [-0.15, -0.1) is 10.2 Å². The molecule has 11 rings (SSSR count). The van der Waals surface area contributed by atoms with E-state index in [0.29, 0.717) is 5.69 Å². The van der Waals surface area contributed by atoms with Gasteiger partial charge in [0, 0.05) is 49.2 Å². The van der Waals surface area contributed by atoms with E-state index in [4.69, 9.17) is 25.2 Å². The third kappa shape index (κ3) is 4.67. The normalized spacial score (nSPS) is 12.0. The SMILES string of the molecule is c1ccc(-c2cc3c(c(-c4nnnc(-c5ccccc5)c4-c4ccccc4)c2-c2ccc4ccccc4n2)-c2c4c(ccc2=N3)=c2ccccc2=N4)cc1. The van der Waals surface area contributed by atoms with Gasteiger partial charge < -0.3 is 0 Å². The number of hydrogen-bond acceptors (Lipinski definition) is 6. The summed E-state index contributed by atoms with van der Waals surface area (Å²) in [6.07, 6.45) is 0. The topological polar surface area (TPSA) is 76.3 Å². The summed E-state index contributed by atoms with van der Waals surface area (Å²) in [4.78, 5) is 16.0. The lowest BCUT2D eigenvalue weighted by atomic mass is 9.82. The molecular formula is C48H28N6. The maximum Gasteiger partial charge on any atom is 0.106 e. The van der Waals surface area contributed by atoms with Gasteiger partial charge in [0.1, 0.15) is 11.4 Å². The Balaban J connectivity index is 1.35. The molecule has 0 radical (unpaired) electrons. The van der Waals surface area contributed by atoms with Gasteiger partial charge in [-0.2, -0.15) is 0 Å². The average molecular weight is 689 g/mol. The molecule has 0 amide bonds. The highest BCUT2D eigenvalue weighted by atomic mass is 15.3. The molecule has 0 unspecified atom stereocenters. The molecule has 0 spiro atoms. The molecular weight excluding hydrogens is 661 g/mol. The fourth-order valence-electron chi connectivity index (χ4n) is 8.04. The molecule has 7 aromatic carbocycles. The Kier molecular flexibility index (Phi) is 6.75. The first-order valence-corrected chi connectivity index (χ1v) is 18.0. The van der Waals surface area contributed by atoms with Gasteiger partial charge in [0.2, 0.25) is 0 Å². The third-order valence-corrected chi connectivity index (χ3v) is 10.4. The van der Waals surface area contributed by atoms with E-state index in [-0.39, 0.29) is 0 Å². The predicted molar refractivity (Wildman–Crippen MR) is 213 cm³/mol. The lowest BCUT2D eigenvalue weighted by Gasteiger charge is -2.22. The maximum absolute atomic E-state index is 5.37. The zero-order valence-electron chi connectivity index (χ0n) is 28.8. The lowest BCUT2D eigenvalue weighted by Crippen LogP contribution is -2.05. The second kappa shape index (κ2) is 12.1. The van der Waals surface area contributed by atoms with Crippen LogP contribution in [0.1, 0.15) is 0 Å². The van der Waals surface area contributed by atoms with E-state index in [2.05, 4.69) is 127 Å². The Morgan fingerprint density at radius 1 is 0.389 bits per heavy atom. The molecule has 2 aliphatic heterocycles. The summed E-state index contributed by atoms with van der Waals surface area (Å²) >= 11 is 0. The average Bonchev–Trinajstić information content (AvgIpc) is 3.82. The fraction of sp³-hybridized carbons (Fsp3) is 0. The molecule has 0 bridgehead atoms. The Morgan fingerprint density at radius 3 is 1.89 bits per heavy atom. The second-order valence-electron chi connectivity index (χ2n) is 13.5. The van der Waals surface area contributed by atoms with Gasteiger partial charge in [-0.1, -0.05) is 133 Å². The predicted octanol–water partition coefficient (Wildman–Crippen LogP) is 10.2. The van der Waals surface area contributed by atoms with Crippen LogP contribution in [0.25, 0.3) is 78.1 Å². The van der Waals surface area contributed by atoms with Gasteiger partial charge in [-0.25, -0.2) is 15.0 Å². The van der Waals surface area contributed by atoms with Gasteiger partial charge in [-0.05, 0) is 58.3 Å². The third-order valence-electron chi connectivity index (χ3n) is 10.4. The summed E-state index contributed by atoms with van der Waals surface area (Å²) in [7, 11) is 0. The number of benzene rings is 7. The molecule has 0 atom stereocenters. The summed E-state index contributed by atoms with van der Waals surface area (Å²) in [6.45, 7) is 0. The van der Waals surface area contributed by atoms with E-state index in [1.54, 1.807) is 0 Å². The van der Waals surface area contributed by atoms with E-state index in [1.165, 1.54) is 0 Å². The van der Waals surface area contributed by atoms with Crippen molar-refractivity contribution in [3.8, 4) is 67.2 Å². The minimum Gasteiger partial charge on any atom is -0.248 e. The minimum atomic E-state index is 0.699. The highest BCUT2D eigenvalue weighted by Crippen LogP contribution is 2.54. The van der Waals surface area contributed by atoms with Gasteiger partial charge in [0.05, 0.1) is 33.3 Å². The quantitative estimate of drug-likeness (QED) is 0.180. The molecule has 0 saturated heterocycles. The van der Waals surface area contributed by atoms with Crippen molar-refractivity contribution in [1.29, 1.82) is 0 Å². The van der Waals surface area contributed by atoms with Crippen molar-refractivity contribution in [2.75, 3.05) is 0 Å². The number of rotatable bonds is 5. The number of nitrogens with zero attached hydrogens (tertiary/aromatic N) is 6. The molecule has 2 aromatic heterocycles. The van der Waals surface area contributed by atoms with Crippen LogP contribution in [0.2, 0.25) is 0 Å². The van der Waals surface area contributed by atoms with Crippen LogP contribution in [0.4, 0.5) is 11.4 Å². The number of pyridine rings is 1. The number of hydrogen-bond donors (Lipinski definition) is 0. The summed E-state index contributed by atoms with van der Waals surface area (Å²) in [5.74, 6) is 0. The maximum atomic E-state index is 5.37. The molecule has 0 N–H and O–H groups in total. The van der Waals surface area contributed by atoms with E-state index in [9.17, 15) is 0 Å². The zero-order valence-corrected chi connectivity index (χ0v) is 28.8. The first-order valence-electron chi connectivity index (χ1n) is 18.0. The summed E-state index contributed by atoms with van der Waals surface area (Å²) < 4.78 is 0. The molecule has 4 heterocycles. The van der Waals surface area contributed by atoms with Crippen LogP contribution in [0.5, 0.6) is 0 Å². The Morgan fingerprint density at radius 2 is 1.07 bits per heavy atom. The van der Waals surface area contributed by atoms with Crippen molar-refractivity contribution in [3.63, 3.8) is 0 Å². The van der Waals surface area contributed by atoms with Crippen molar-refractivity contribution in [2.24, 2.45) is 9.98 Å². The van der Waals surface area contributed by atoms with Crippen molar-refractivity contribution in [3.05, 3.63) is 191 Å². The Labute approximate surface area is 309 Å². The smallest absolute Gasteiger partial charge is 0.106 e. The second-order valence-corrected chi connectivity index (χ2v) is 13.5. The van der Waals surface area contributed by atoms with Gasteiger partial charge in [-0.3, -0.25) is 0 Å². The lowest BCUT2D eigenvalue weighted by molar-refractivity contribution is 0.879. The summed E-state index contributed by atoms with van der Waals surface area (Å²) in [6, 6.07) is 58.4. The van der Waals surface area contributed by atoms with Crippen LogP contribution in [0, 0.1) is 10.4 Å².